The van der Waals surface area contributed by atoms with Gasteiger partial charge in [-0.25, -0.2) is 0 Å². The molecule has 4 aromatic rings. The maximum atomic E-state index is 6.01. The largest absolute Gasteiger partial charge is 0.457 e. The van der Waals surface area contributed by atoms with E-state index in [1.54, 1.807) is 0 Å². The van der Waals surface area contributed by atoms with E-state index in [-0.39, 0.29) is 0 Å². The second kappa shape index (κ2) is 7.23. The normalized spacial score (nSPS) is 11.8. The molecule has 0 aromatic heterocycles. The Hall–Kier alpha value is -2.36. The molecule has 136 valence electrons. The molecule has 0 fully saturated rings. The van der Waals surface area contributed by atoms with Crippen LogP contribution in [-0.4, -0.2) is 0 Å². The second-order valence-corrected chi connectivity index (χ2v) is 8.73. The molecule has 1 aliphatic rings. The Morgan fingerprint density at radius 1 is 0.607 bits per heavy atom. The molecule has 0 unspecified atom stereocenters. The van der Waals surface area contributed by atoms with Crippen LogP contribution in [0.1, 0.15) is 11.1 Å². The molecule has 0 atom stereocenters. The predicted octanol–water partition coefficient (Wildman–Crippen LogP) is 8.24. The van der Waals surface area contributed by atoms with E-state index >= 15 is 0 Å². The molecule has 0 amide bonds. The molecule has 0 bridgehead atoms. The molecule has 1 aliphatic carbocycles. The molecule has 0 saturated carbocycles. The summed E-state index contributed by atoms with van der Waals surface area (Å²) in [7, 11) is 0. The molecule has 3 heteroatoms. The zero-order chi connectivity index (χ0) is 19.1. The topological polar surface area (TPSA) is 9.23 Å². The fraction of sp³-hybridized carbons (Fsp3) is 0.0400. The van der Waals surface area contributed by atoms with Gasteiger partial charge >= 0.3 is 0 Å². The SMILES string of the molecule is Brc1cc(Br)cc(Oc2ccc(-c3cccc4c3Cc3ccccc3-4)cc2)c1. The van der Waals surface area contributed by atoms with Crippen LogP contribution in [0.2, 0.25) is 0 Å². The quantitative estimate of drug-likeness (QED) is 0.247. The van der Waals surface area contributed by atoms with Crippen molar-refractivity contribution >= 4 is 31.9 Å². The van der Waals surface area contributed by atoms with Crippen molar-refractivity contribution in [3.05, 3.63) is 105 Å². The highest BCUT2D eigenvalue weighted by Gasteiger charge is 2.20. The average molecular weight is 492 g/mol. The van der Waals surface area contributed by atoms with E-state index in [4.69, 9.17) is 4.74 Å². The number of ether oxygens (including phenoxy) is 1. The lowest BCUT2D eigenvalue weighted by atomic mass is 9.96. The van der Waals surface area contributed by atoms with Crippen molar-refractivity contribution in [3.8, 4) is 33.8 Å². The molecule has 0 radical (unpaired) electrons. The van der Waals surface area contributed by atoms with Crippen molar-refractivity contribution in [2.75, 3.05) is 0 Å². The fourth-order valence-corrected chi connectivity index (χ4v) is 5.11. The fourth-order valence-electron chi connectivity index (χ4n) is 3.85. The van der Waals surface area contributed by atoms with Gasteiger partial charge in [0.1, 0.15) is 11.5 Å². The van der Waals surface area contributed by atoms with E-state index < -0.39 is 0 Å². The van der Waals surface area contributed by atoms with Crippen LogP contribution in [0.3, 0.4) is 0 Å². The number of rotatable bonds is 3. The number of fused-ring (bicyclic) bond motifs is 3. The van der Waals surface area contributed by atoms with Crippen LogP contribution < -0.4 is 4.74 Å². The molecule has 0 aliphatic heterocycles. The van der Waals surface area contributed by atoms with Crippen molar-refractivity contribution in [2.45, 2.75) is 6.42 Å². The van der Waals surface area contributed by atoms with Gasteiger partial charge in [0.2, 0.25) is 0 Å². The summed E-state index contributed by atoms with van der Waals surface area (Å²) in [5.74, 6) is 1.62. The van der Waals surface area contributed by atoms with Gasteiger partial charge in [0.05, 0.1) is 0 Å². The molecule has 0 heterocycles. The zero-order valence-corrected chi connectivity index (χ0v) is 18.1. The van der Waals surface area contributed by atoms with Crippen molar-refractivity contribution in [1.29, 1.82) is 0 Å². The summed E-state index contributed by atoms with van der Waals surface area (Å²) in [5.41, 5.74) is 8.04. The maximum absolute atomic E-state index is 6.01. The summed E-state index contributed by atoms with van der Waals surface area (Å²) < 4.78 is 7.97. The van der Waals surface area contributed by atoms with Gasteiger partial charge in [0, 0.05) is 8.95 Å². The van der Waals surface area contributed by atoms with Crippen LogP contribution >= 0.6 is 31.9 Å². The van der Waals surface area contributed by atoms with E-state index in [1.807, 2.05) is 30.3 Å². The molecule has 4 aromatic carbocycles. The van der Waals surface area contributed by atoms with Crippen LogP contribution in [0.5, 0.6) is 11.5 Å². The Bertz CT molecular complexity index is 1160. The molecule has 0 saturated heterocycles. The molecule has 5 rings (SSSR count). The summed E-state index contributed by atoms with van der Waals surface area (Å²) in [6.07, 6.45) is 0.992. The molecule has 28 heavy (non-hydrogen) atoms. The first-order valence-electron chi connectivity index (χ1n) is 9.12. The van der Waals surface area contributed by atoms with Crippen molar-refractivity contribution in [3.63, 3.8) is 0 Å². The number of benzene rings is 4. The van der Waals surface area contributed by atoms with Gasteiger partial charge in [0.15, 0.2) is 0 Å². The van der Waals surface area contributed by atoms with E-state index in [2.05, 4.69) is 86.5 Å². The first kappa shape index (κ1) is 17.7. The highest BCUT2D eigenvalue weighted by atomic mass is 79.9. The molecule has 0 spiro atoms. The minimum atomic E-state index is 0.796. The van der Waals surface area contributed by atoms with E-state index in [1.165, 1.54) is 33.4 Å². The van der Waals surface area contributed by atoms with Gasteiger partial charge < -0.3 is 4.74 Å². The minimum absolute atomic E-state index is 0.796. The van der Waals surface area contributed by atoms with Crippen molar-refractivity contribution in [2.24, 2.45) is 0 Å². The summed E-state index contributed by atoms with van der Waals surface area (Å²) in [4.78, 5) is 0. The molecular formula is C25H16Br2O. The lowest BCUT2D eigenvalue weighted by Crippen LogP contribution is -1.89. The molecule has 1 nitrogen and oxygen atoms in total. The predicted molar refractivity (Wildman–Crippen MR) is 122 cm³/mol. The standard InChI is InChI=1S/C25H16Br2O/c26-18-13-19(27)15-21(14-18)28-20-10-8-16(9-11-20)22-6-3-7-24-23-5-2-1-4-17(23)12-25(22)24/h1-11,13-15H,12H2. The molecular weight excluding hydrogens is 476 g/mol. The first-order valence-corrected chi connectivity index (χ1v) is 10.7. The van der Waals surface area contributed by atoms with Crippen LogP contribution in [0.25, 0.3) is 22.3 Å². The number of hydrogen-bond acceptors (Lipinski definition) is 1. The van der Waals surface area contributed by atoms with Gasteiger partial charge in [0.25, 0.3) is 0 Å². The van der Waals surface area contributed by atoms with Crippen molar-refractivity contribution in [1.82, 2.24) is 0 Å². The Morgan fingerprint density at radius 2 is 1.29 bits per heavy atom. The Labute approximate surface area is 181 Å². The molecule has 0 N–H and O–H groups in total. The lowest BCUT2D eigenvalue weighted by molar-refractivity contribution is 0.482. The first-order chi connectivity index (χ1) is 13.7. The van der Waals surface area contributed by atoms with Crippen LogP contribution in [-0.2, 0) is 6.42 Å². The van der Waals surface area contributed by atoms with Gasteiger partial charge in [-0.15, -0.1) is 0 Å². The lowest BCUT2D eigenvalue weighted by Gasteiger charge is -2.11. The van der Waals surface area contributed by atoms with Gasteiger partial charge in [-0.3, -0.25) is 0 Å². The Morgan fingerprint density at radius 3 is 2.07 bits per heavy atom. The van der Waals surface area contributed by atoms with Crippen LogP contribution in [0.4, 0.5) is 0 Å². The summed E-state index contributed by atoms with van der Waals surface area (Å²) in [6, 6.07) is 29.5. The highest BCUT2D eigenvalue weighted by molar-refractivity contribution is 9.11. The Kier molecular flexibility index (Phi) is 4.58. The minimum Gasteiger partial charge on any atom is -0.457 e. The maximum Gasteiger partial charge on any atom is 0.129 e. The number of halogens is 2. The highest BCUT2D eigenvalue weighted by Crippen LogP contribution is 2.41. The van der Waals surface area contributed by atoms with E-state index in [0.29, 0.717) is 0 Å². The zero-order valence-electron chi connectivity index (χ0n) is 15.0. The average Bonchev–Trinajstić information content (AvgIpc) is 3.07. The van der Waals surface area contributed by atoms with Crippen LogP contribution in [0.15, 0.2) is 93.9 Å². The van der Waals surface area contributed by atoms with Gasteiger partial charge in [-0.1, -0.05) is 86.5 Å². The third-order valence-electron chi connectivity index (χ3n) is 5.09. The smallest absolute Gasteiger partial charge is 0.129 e. The number of hydrogen-bond donors (Lipinski definition) is 0. The van der Waals surface area contributed by atoms with Crippen LogP contribution in [0, 0.1) is 0 Å². The summed E-state index contributed by atoms with van der Waals surface area (Å²) >= 11 is 7.00. The summed E-state index contributed by atoms with van der Waals surface area (Å²) in [5, 5.41) is 0. The second-order valence-electron chi connectivity index (χ2n) is 6.90. The monoisotopic (exact) mass is 490 g/mol. The third-order valence-corrected chi connectivity index (χ3v) is 6.00. The van der Waals surface area contributed by atoms with Crippen molar-refractivity contribution < 1.29 is 4.74 Å². The van der Waals surface area contributed by atoms with Gasteiger partial charge in [-0.2, -0.15) is 0 Å². The van der Waals surface area contributed by atoms with E-state index in [0.717, 1.165) is 26.9 Å². The third kappa shape index (κ3) is 3.30. The van der Waals surface area contributed by atoms with E-state index in [9.17, 15) is 0 Å². The Balaban J connectivity index is 1.46. The van der Waals surface area contributed by atoms with Gasteiger partial charge in [-0.05, 0) is 70.1 Å². The summed E-state index contributed by atoms with van der Waals surface area (Å²) in [6.45, 7) is 0.